The zero-order chi connectivity index (χ0) is 19.3. The van der Waals surface area contributed by atoms with Crippen LogP contribution in [-0.4, -0.2) is 54.5 Å². The first-order valence-corrected chi connectivity index (χ1v) is 12.3. The molecule has 0 spiro atoms. The highest BCUT2D eigenvalue weighted by atomic mass is 28.3. The molecule has 0 aliphatic heterocycles. The second-order valence-corrected chi connectivity index (χ2v) is 13.9. The van der Waals surface area contributed by atoms with E-state index >= 15 is 0 Å². The number of hydrogen-bond donors (Lipinski definition) is 2. The van der Waals surface area contributed by atoms with Crippen LogP contribution in [0.3, 0.4) is 0 Å². The maximum absolute atomic E-state index is 12.6. The molecule has 0 radical (unpaired) electrons. The Hall–Kier alpha value is -1.37. The first-order chi connectivity index (χ1) is 10.7. The Balaban J connectivity index is 5.22. The summed E-state index contributed by atoms with van der Waals surface area (Å²) in [5, 5.41) is 10.6. The van der Waals surface area contributed by atoms with Crippen LogP contribution in [0.15, 0.2) is 0 Å². The maximum Gasteiger partial charge on any atom is 0.410 e. The Morgan fingerprint density at radius 2 is 1.71 bits per heavy atom. The molecule has 0 aromatic heterocycles. The van der Waals surface area contributed by atoms with Crippen molar-refractivity contribution in [1.82, 2.24) is 10.2 Å². The van der Waals surface area contributed by atoms with Crippen LogP contribution in [0.5, 0.6) is 0 Å². The van der Waals surface area contributed by atoms with Gasteiger partial charge in [0.05, 0.1) is 14.1 Å². The summed E-state index contributed by atoms with van der Waals surface area (Å²) in [6, 6.07) is -0.976. The highest BCUT2D eigenvalue weighted by molar-refractivity contribution is 6.76. The first kappa shape index (κ1) is 22.6. The van der Waals surface area contributed by atoms with Crippen LogP contribution in [0.2, 0.25) is 19.6 Å². The fourth-order valence-electron chi connectivity index (χ4n) is 2.06. The first-order valence-electron chi connectivity index (χ1n) is 8.55. The molecule has 2 amide bonds. The van der Waals surface area contributed by atoms with Crippen LogP contribution in [0.25, 0.3) is 0 Å². The number of carbonyl (C=O) groups is 2. The molecular formula is C17H35N3O3Si. The van der Waals surface area contributed by atoms with E-state index in [0.29, 0.717) is 18.3 Å². The summed E-state index contributed by atoms with van der Waals surface area (Å²) in [4.78, 5) is 26.6. The minimum absolute atomic E-state index is 0.259. The van der Waals surface area contributed by atoms with Crippen molar-refractivity contribution in [3.05, 3.63) is 0 Å². The number of amides is 2. The van der Waals surface area contributed by atoms with Gasteiger partial charge in [0.1, 0.15) is 11.6 Å². The van der Waals surface area contributed by atoms with Crippen LogP contribution in [0.1, 0.15) is 48.0 Å². The van der Waals surface area contributed by atoms with E-state index in [1.54, 1.807) is 13.8 Å². The van der Waals surface area contributed by atoms with Crippen molar-refractivity contribution in [3.8, 4) is 0 Å². The molecule has 0 heterocycles. The molecule has 0 aliphatic rings. The van der Waals surface area contributed by atoms with Gasteiger partial charge < -0.3 is 15.5 Å². The number of nitrogens with one attached hydrogen (secondary N) is 2. The third-order valence-electron chi connectivity index (χ3n) is 3.38. The Kier molecular flexibility index (Phi) is 8.15. The topological polar surface area (TPSA) is 82.5 Å². The van der Waals surface area contributed by atoms with Gasteiger partial charge in [0, 0.05) is 11.9 Å². The van der Waals surface area contributed by atoms with Crippen LogP contribution in [0.4, 0.5) is 4.79 Å². The van der Waals surface area contributed by atoms with Gasteiger partial charge in [-0.2, -0.15) is 0 Å². The zero-order valence-corrected chi connectivity index (χ0v) is 17.7. The Bertz CT molecular complexity index is 467. The van der Waals surface area contributed by atoms with Gasteiger partial charge in [-0.05, 0) is 41.0 Å². The molecule has 0 aliphatic carbocycles. The van der Waals surface area contributed by atoms with E-state index in [1.807, 2.05) is 27.7 Å². The lowest BCUT2D eigenvalue weighted by Gasteiger charge is -2.35. The minimum Gasteiger partial charge on any atom is -0.444 e. The Labute approximate surface area is 147 Å². The smallest absolute Gasteiger partial charge is 0.410 e. The molecule has 0 rings (SSSR count). The third kappa shape index (κ3) is 8.47. The van der Waals surface area contributed by atoms with E-state index in [1.165, 1.54) is 4.90 Å². The largest absolute Gasteiger partial charge is 0.444 e. The Morgan fingerprint density at radius 3 is 2.08 bits per heavy atom. The van der Waals surface area contributed by atoms with Gasteiger partial charge in [0.15, 0.2) is 0 Å². The van der Waals surface area contributed by atoms with E-state index in [-0.39, 0.29) is 11.9 Å². The molecule has 0 aromatic rings. The molecule has 2 unspecified atom stereocenters. The van der Waals surface area contributed by atoms with Gasteiger partial charge in [-0.1, -0.05) is 26.6 Å². The standard InChI is InChI=1S/C17H35N3O3Si/c1-10-14(18)12(2)19-15(21)13(3)20(11-24(7,8)9)16(22)23-17(4,5)6/h12-13,18H,10-11H2,1-9H3,(H,19,21). The van der Waals surface area contributed by atoms with Crippen LogP contribution < -0.4 is 5.32 Å². The minimum atomic E-state index is -1.63. The summed E-state index contributed by atoms with van der Waals surface area (Å²) in [5.41, 5.74) is -0.146. The lowest BCUT2D eigenvalue weighted by molar-refractivity contribution is -0.125. The number of hydrogen-bond acceptors (Lipinski definition) is 4. The molecule has 0 aromatic carbocycles. The van der Waals surface area contributed by atoms with E-state index in [4.69, 9.17) is 10.1 Å². The fraction of sp³-hybridized carbons (Fsp3) is 0.824. The van der Waals surface area contributed by atoms with Crippen molar-refractivity contribution in [2.24, 2.45) is 0 Å². The van der Waals surface area contributed by atoms with Gasteiger partial charge in [-0.15, -0.1) is 0 Å². The highest BCUT2D eigenvalue weighted by Crippen LogP contribution is 2.15. The molecular weight excluding hydrogens is 322 g/mol. The summed E-state index contributed by atoms with van der Waals surface area (Å²) in [6.07, 6.45) is 0.655. The van der Waals surface area contributed by atoms with Crippen molar-refractivity contribution >= 4 is 25.8 Å². The van der Waals surface area contributed by atoms with E-state index in [9.17, 15) is 9.59 Å². The van der Waals surface area contributed by atoms with Crippen LogP contribution in [0, 0.1) is 5.41 Å². The molecule has 0 saturated heterocycles. The lowest BCUT2D eigenvalue weighted by atomic mass is 10.1. The average Bonchev–Trinajstić information content (AvgIpc) is 2.39. The van der Waals surface area contributed by atoms with Crippen molar-refractivity contribution in [1.29, 1.82) is 5.41 Å². The molecule has 7 heteroatoms. The van der Waals surface area contributed by atoms with Crippen molar-refractivity contribution in [2.45, 2.75) is 85.3 Å². The summed E-state index contributed by atoms with van der Waals surface area (Å²) in [6.45, 7) is 17.2. The van der Waals surface area contributed by atoms with Crippen molar-refractivity contribution in [3.63, 3.8) is 0 Å². The summed E-state index contributed by atoms with van der Waals surface area (Å²) in [7, 11) is -1.63. The molecule has 0 fully saturated rings. The molecule has 0 bridgehead atoms. The lowest BCUT2D eigenvalue weighted by Crippen LogP contribution is -2.55. The number of rotatable bonds is 7. The summed E-state index contributed by atoms with van der Waals surface area (Å²) < 4.78 is 5.48. The Morgan fingerprint density at radius 1 is 1.21 bits per heavy atom. The molecule has 2 atom stereocenters. The molecule has 0 saturated carbocycles. The van der Waals surface area contributed by atoms with Gasteiger partial charge in [0.25, 0.3) is 0 Å². The second-order valence-electron chi connectivity index (χ2n) is 8.45. The van der Waals surface area contributed by atoms with E-state index in [0.717, 1.165) is 0 Å². The SMILES string of the molecule is CCC(=N)C(C)NC(=O)C(C)N(C[Si](C)(C)C)C(=O)OC(C)(C)C. The van der Waals surface area contributed by atoms with Crippen LogP contribution >= 0.6 is 0 Å². The van der Waals surface area contributed by atoms with Gasteiger partial charge >= 0.3 is 6.09 Å². The molecule has 2 N–H and O–H groups in total. The molecule has 24 heavy (non-hydrogen) atoms. The zero-order valence-electron chi connectivity index (χ0n) is 16.7. The predicted molar refractivity (Wildman–Crippen MR) is 101 cm³/mol. The quantitative estimate of drug-likeness (QED) is 0.541. The van der Waals surface area contributed by atoms with Gasteiger partial charge in [0.2, 0.25) is 5.91 Å². The van der Waals surface area contributed by atoms with E-state index in [2.05, 4.69) is 25.0 Å². The van der Waals surface area contributed by atoms with Gasteiger partial charge in [-0.3, -0.25) is 9.69 Å². The second kappa shape index (κ2) is 8.64. The maximum atomic E-state index is 12.6. The van der Waals surface area contributed by atoms with Gasteiger partial charge in [-0.25, -0.2) is 4.79 Å². The highest BCUT2D eigenvalue weighted by Gasteiger charge is 2.33. The fourth-order valence-corrected chi connectivity index (χ4v) is 3.49. The number of ether oxygens (including phenoxy) is 1. The average molecular weight is 358 g/mol. The summed E-state index contributed by atoms with van der Waals surface area (Å²) >= 11 is 0. The molecule has 6 nitrogen and oxygen atoms in total. The van der Waals surface area contributed by atoms with Crippen LogP contribution in [-0.2, 0) is 9.53 Å². The third-order valence-corrected chi connectivity index (χ3v) is 4.67. The monoisotopic (exact) mass is 357 g/mol. The van der Waals surface area contributed by atoms with E-state index < -0.39 is 25.8 Å². The summed E-state index contributed by atoms with van der Waals surface area (Å²) in [5.74, 6) is -0.259. The van der Waals surface area contributed by atoms with Crippen molar-refractivity contribution in [2.75, 3.05) is 6.17 Å². The van der Waals surface area contributed by atoms with Crippen molar-refractivity contribution < 1.29 is 14.3 Å². The predicted octanol–water partition coefficient (Wildman–Crippen LogP) is 3.42. The molecule has 140 valence electrons. The number of carbonyl (C=O) groups excluding carboxylic acids is 2. The normalized spacial score (nSPS) is 14.5. The number of nitrogens with zero attached hydrogens (tertiary/aromatic N) is 1.